The number of hydrogen-bond donors (Lipinski definition) is 1. The maximum atomic E-state index is 12.0. The van der Waals surface area contributed by atoms with E-state index < -0.39 is 15.4 Å². The smallest absolute Gasteiger partial charge is 0.407 e. The number of carbonyl (C=O) groups is 1. The number of nitrogens with zero attached hydrogens (tertiary/aromatic N) is 1. The molecule has 1 aromatic rings. The monoisotopic (exact) mass is 450 g/mol. The number of benzene rings is 1. The molecule has 2 aliphatic rings. The van der Waals surface area contributed by atoms with Gasteiger partial charge in [0.25, 0.3) is 0 Å². The van der Waals surface area contributed by atoms with Crippen molar-refractivity contribution in [2.45, 2.75) is 82.3 Å². The van der Waals surface area contributed by atoms with Crippen molar-refractivity contribution in [1.29, 1.82) is 0 Å². The number of alkyl carbamates (subject to hydrolysis) is 1. The average molecular weight is 451 g/mol. The Morgan fingerprint density at radius 2 is 1.74 bits per heavy atom. The molecular weight excluding hydrogens is 412 g/mol. The summed E-state index contributed by atoms with van der Waals surface area (Å²) in [6.07, 6.45) is 8.36. The number of ether oxygens (including phenoxy) is 1. The van der Waals surface area contributed by atoms with Crippen LogP contribution in [0.25, 0.3) is 0 Å². The second kappa shape index (κ2) is 9.90. The van der Waals surface area contributed by atoms with Crippen LogP contribution in [-0.2, 0) is 27.4 Å². The zero-order chi connectivity index (χ0) is 22.6. The van der Waals surface area contributed by atoms with Crippen molar-refractivity contribution < 1.29 is 17.9 Å². The molecule has 0 spiro atoms. The van der Waals surface area contributed by atoms with E-state index in [-0.39, 0.29) is 12.1 Å². The highest BCUT2D eigenvalue weighted by Gasteiger charge is 2.25. The molecule has 1 fully saturated rings. The SMILES string of the molecule is CC(C)(C)OC(=O)NC1CCC(CCN2CCc3ccc(S(C)(=O)=O)cc3CC2)CC1. The molecule has 174 valence electrons. The molecule has 0 atom stereocenters. The third kappa shape index (κ3) is 7.49. The summed E-state index contributed by atoms with van der Waals surface area (Å²) in [5.74, 6) is 0.708. The fourth-order valence-electron chi connectivity index (χ4n) is 4.64. The Bertz CT molecular complexity index is 868. The topological polar surface area (TPSA) is 75.7 Å². The zero-order valence-corrected chi connectivity index (χ0v) is 20.3. The van der Waals surface area contributed by atoms with Gasteiger partial charge in [-0.3, -0.25) is 0 Å². The molecular formula is C24H38N2O4S. The van der Waals surface area contributed by atoms with Gasteiger partial charge in [-0.05, 0) is 101 Å². The van der Waals surface area contributed by atoms with Crippen molar-refractivity contribution in [3.05, 3.63) is 29.3 Å². The Morgan fingerprint density at radius 1 is 1.10 bits per heavy atom. The van der Waals surface area contributed by atoms with Crippen LogP contribution in [0.2, 0.25) is 0 Å². The molecule has 0 radical (unpaired) electrons. The van der Waals surface area contributed by atoms with Crippen LogP contribution in [0, 0.1) is 5.92 Å². The Morgan fingerprint density at radius 3 is 2.35 bits per heavy atom. The molecule has 1 heterocycles. The standard InChI is InChI=1S/C24H38N2O4S/c1-24(2,3)30-23(27)25-21-8-5-18(6-9-21)11-14-26-15-12-19-7-10-22(31(4,28)29)17-20(19)13-16-26/h7,10,17-18,21H,5-6,8-9,11-16H2,1-4H3,(H,25,27). The van der Waals surface area contributed by atoms with Gasteiger partial charge in [-0.2, -0.15) is 0 Å². The largest absolute Gasteiger partial charge is 0.444 e. The fourth-order valence-corrected chi connectivity index (χ4v) is 5.31. The maximum absolute atomic E-state index is 12.0. The minimum atomic E-state index is -3.16. The molecule has 0 unspecified atom stereocenters. The van der Waals surface area contributed by atoms with E-state index in [9.17, 15) is 13.2 Å². The summed E-state index contributed by atoms with van der Waals surface area (Å²) in [6, 6.07) is 5.83. The van der Waals surface area contributed by atoms with E-state index in [1.807, 2.05) is 32.9 Å². The van der Waals surface area contributed by atoms with E-state index in [0.717, 1.165) is 58.2 Å². The van der Waals surface area contributed by atoms with Crippen molar-refractivity contribution in [3.63, 3.8) is 0 Å². The molecule has 1 aliphatic heterocycles. The molecule has 0 saturated heterocycles. The highest BCUT2D eigenvalue weighted by molar-refractivity contribution is 7.90. The molecule has 6 nitrogen and oxygen atoms in total. The van der Waals surface area contributed by atoms with Gasteiger partial charge in [-0.25, -0.2) is 13.2 Å². The molecule has 3 rings (SSSR count). The Labute approximate surface area is 187 Å². The Kier molecular flexibility index (Phi) is 7.68. The Balaban J connectivity index is 1.41. The van der Waals surface area contributed by atoms with Gasteiger partial charge in [0, 0.05) is 25.4 Å². The quantitative estimate of drug-likeness (QED) is 0.735. The third-order valence-electron chi connectivity index (χ3n) is 6.42. The van der Waals surface area contributed by atoms with E-state index in [1.165, 1.54) is 23.8 Å². The van der Waals surface area contributed by atoms with Crippen molar-refractivity contribution in [2.75, 3.05) is 25.9 Å². The first kappa shape index (κ1) is 24.1. The first-order chi connectivity index (χ1) is 14.5. The number of rotatable bonds is 5. The molecule has 0 aromatic heterocycles. The lowest BCUT2D eigenvalue weighted by molar-refractivity contribution is 0.0486. The summed E-state index contributed by atoms with van der Waals surface area (Å²) in [5, 5.41) is 3.02. The molecule has 0 bridgehead atoms. The summed E-state index contributed by atoms with van der Waals surface area (Å²) in [5.41, 5.74) is 2.00. The molecule has 31 heavy (non-hydrogen) atoms. The van der Waals surface area contributed by atoms with Crippen LogP contribution < -0.4 is 5.32 Å². The van der Waals surface area contributed by atoms with Crippen LogP contribution in [-0.4, -0.2) is 56.9 Å². The van der Waals surface area contributed by atoms with Gasteiger partial charge in [0.15, 0.2) is 9.84 Å². The van der Waals surface area contributed by atoms with E-state index >= 15 is 0 Å². The van der Waals surface area contributed by atoms with E-state index in [2.05, 4.69) is 10.2 Å². The van der Waals surface area contributed by atoms with Crippen molar-refractivity contribution in [1.82, 2.24) is 10.2 Å². The summed E-state index contributed by atoms with van der Waals surface area (Å²) in [6.45, 7) is 8.75. The lowest BCUT2D eigenvalue weighted by Crippen LogP contribution is -2.41. The lowest BCUT2D eigenvalue weighted by Gasteiger charge is -2.31. The average Bonchev–Trinajstić information content (AvgIpc) is 2.87. The molecule has 1 N–H and O–H groups in total. The summed E-state index contributed by atoms with van der Waals surface area (Å²) in [4.78, 5) is 14.9. The fraction of sp³-hybridized carbons (Fsp3) is 0.708. The van der Waals surface area contributed by atoms with Crippen LogP contribution in [0.5, 0.6) is 0 Å². The number of amides is 1. The van der Waals surface area contributed by atoms with Crippen LogP contribution in [0.15, 0.2) is 23.1 Å². The van der Waals surface area contributed by atoms with Gasteiger partial charge in [0.2, 0.25) is 0 Å². The van der Waals surface area contributed by atoms with Gasteiger partial charge in [-0.15, -0.1) is 0 Å². The van der Waals surface area contributed by atoms with Gasteiger partial charge in [-0.1, -0.05) is 6.07 Å². The van der Waals surface area contributed by atoms with Crippen LogP contribution >= 0.6 is 0 Å². The number of sulfone groups is 1. The summed E-state index contributed by atoms with van der Waals surface area (Å²) in [7, 11) is -3.16. The molecule has 1 amide bonds. The summed E-state index contributed by atoms with van der Waals surface area (Å²) >= 11 is 0. The highest BCUT2D eigenvalue weighted by atomic mass is 32.2. The van der Waals surface area contributed by atoms with E-state index in [0.29, 0.717) is 10.8 Å². The molecule has 1 aliphatic carbocycles. The molecule has 1 aromatic carbocycles. The van der Waals surface area contributed by atoms with E-state index in [4.69, 9.17) is 4.74 Å². The van der Waals surface area contributed by atoms with Crippen molar-refractivity contribution in [2.24, 2.45) is 5.92 Å². The van der Waals surface area contributed by atoms with Crippen molar-refractivity contribution in [3.8, 4) is 0 Å². The number of carbonyl (C=O) groups excluding carboxylic acids is 1. The molecule has 7 heteroatoms. The first-order valence-corrected chi connectivity index (χ1v) is 13.4. The normalized spacial score (nSPS) is 23.0. The Hall–Kier alpha value is -1.60. The second-order valence-electron chi connectivity index (χ2n) is 10.2. The minimum Gasteiger partial charge on any atom is -0.444 e. The van der Waals surface area contributed by atoms with Crippen LogP contribution in [0.4, 0.5) is 4.79 Å². The summed E-state index contributed by atoms with van der Waals surface area (Å²) < 4.78 is 29.1. The zero-order valence-electron chi connectivity index (χ0n) is 19.4. The maximum Gasteiger partial charge on any atom is 0.407 e. The van der Waals surface area contributed by atoms with Gasteiger partial charge in [0.05, 0.1) is 4.90 Å². The van der Waals surface area contributed by atoms with Gasteiger partial charge in [0.1, 0.15) is 5.60 Å². The van der Waals surface area contributed by atoms with E-state index in [1.54, 1.807) is 6.07 Å². The van der Waals surface area contributed by atoms with Crippen molar-refractivity contribution >= 4 is 15.9 Å². The molecule has 1 saturated carbocycles. The van der Waals surface area contributed by atoms with Crippen LogP contribution in [0.1, 0.15) is 64.0 Å². The minimum absolute atomic E-state index is 0.225. The number of nitrogens with one attached hydrogen (secondary N) is 1. The predicted octanol–water partition coefficient (Wildman–Crippen LogP) is 3.96. The van der Waals surface area contributed by atoms with Crippen LogP contribution in [0.3, 0.4) is 0 Å². The van der Waals surface area contributed by atoms with Gasteiger partial charge < -0.3 is 15.0 Å². The highest BCUT2D eigenvalue weighted by Crippen LogP contribution is 2.28. The number of hydrogen-bond acceptors (Lipinski definition) is 5. The first-order valence-electron chi connectivity index (χ1n) is 11.5. The van der Waals surface area contributed by atoms with Gasteiger partial charge >= 0.3 is 6.09 Å². The lowest BCUT2D eigenvalue weighted by atomic mass is 9.84. The second-order valence-corrected chi connectivity index (χ2v) is 12.2. The number of fused-ring (bicyclic) bond motifs is 1. The predicted molar refractivity (Wildman–Crippen MR) is 123 cm³/mol. The third-order valence-corrected chi connectivity index (χ3v) is 7.53.